The Morgan fingerprint density at radius 1 is 1.06 bits per heavy atom. The highest BCUT2D eigenvalue weighted by atomic mass is 14.8. The Hall–Kier alpha value is -2.53. The summed E-state index contributed by atoms with van der Waals surface area (Å²) in [6.45, 7) is 0. The van der Waals surface area contributed by atoms with Crippen LogP contribution in [0.5, 0.6) is 0 Å². The lowest BCUT2D eigenvalue weighted by atomic mass is 10.1. The maximum Gasteiger partial charge on any atom is 0.0998 e. The summed E-state index contributed by atoms with van der Waals surface area (Å²) in [6.07, 6.45) is 3.97. The van der Waals surface area contributed by atoms with Gasteiger partial charge in [0.05, 0.1) is 11.6 Å². The SMILES string of the molecule is CNc1ccc(/C=C/c2ccccc2)c(C#N)c1. The number of nitriles is 1. The van der Waals surface area contributed by atoms with E-state index >= 15 is 0 Å². The molecule has 0 saturated heterocycles. The molecular weight excluding hydrogens is 220 g/mol. The average Bonchev–Trinajstić information content (AvgIpc) is 2.46. The van der Waals surface area contributed by atoms with Crippen molar-refractivity contribution in [3.63, 3.8) is 0 Å². The fourth-order valence-electron chi connectivity index (χ4n) is 1.70. The molecule has 2 nitrogen and oxygen atoms in total. The summed E-state index contributed by atoms with van der Waals surface area (Å²) < 4.78 is 0. The smallest absolute Gasteiger partial charge is 0.0998 e. The minimum absolute atomic E-state index is 0.675. The maximum absolute atomic E-state index is 9.12. The quantitative estimate of drug-likeness (QED) is 0.820. The van der Waals surface area contributed by atoms with Crippen LogP contribution in [0.2, 0.25) is 0 Å². The monoisotopic (exact) mass is 234 g/mol. The number of hydrogen-bond donors (Lipinski definition) is 1. The summed E-state index contributed by atoms with van der Waals surface area (Å²) in [5.74, 6) is 0. The fourth-order valence-corrected chi connectivity index (χ4v) is 1.70. The van der Waals surface area contributed by atoms with E-state index < -0.39 is 0 Å². The van der Waals surface area contributed by atoms with E-state index in [1.54, 1.807) is 0 Å². The summed E-state index contributed by atoms with van der Waals surface area (Å²) in [4.78, 5) is 0. The summed E-state index contributed by atoms with van der Waals surface area (Å²) in [5, 5.41) is 12.2. The van der Waals surface area contributed by atoms with Crippen LogP contribution in [0.15, 0.2) is 48.5 Å². The first kappa shape index (κ1) is 11.9. The van der Waals surface area contributed by atoms with E-state index in [1.807, 2.05) is 67.7 Å². The highest BCUT2D eigenvalue weighted by molar-refractivity contribution is 5.73. The highest BCUT2D eigenvalue weighted by Gasteiger charge is 1.99. The van der Waals surface area contributed by atoms with Crippen molar-refractivity contribution >= 4 is 17.8 Å². The number of hydrogen-bond acceptors (Lipinski definition) is 2. The van der Waals surface area contributed by atoms with Crippen molar-refractivity contribution in [1.82, 2.24) is 0 Å². The lowest BCUT2D eigenvalue weighted by Crippen LogP contribution is -1.90. The Balaban J connectivity index is 2.30. The van der Waals surface area contributed by atoms with Gasteiger partial charge in [0.15, 0.2) is 0 Å². The van der Waals surface area contributed by atoms with Gasteiger partial charge in [0.2, 0.25) is 0 Å². The minimum Gasteiger partial charge on any atom is -0.388 e. The molecule has 0 fully saturated rings. The average molecular weight is 234 g/mol. The molecule has 1 N–H and O–H groups in total. The lowest BCUT2D eigenvalue weighted by Gasteiger charge is -2.03. The molecule has 2 rings (SSSR count). The van der Waals surface area contributed by atoms with E-state index in [4.69, 9.17) is 5.26 Å². The summed E-state index contributed by atoms with van der Waals surface area (Å²) >= 11 is 0. The summed E-state index contributed by atoms with van der Waals surface area (Å²) in [5.41, 5.74) is 3.68. The van der Waals surface area contributed by atoms with Gasteiger partial charge in [-0.15, -0.1) is 0 Å². The van der Waals surface area contributed by atoms with E-state index in [-0.39, 0.29) is 0 Å². The van der Waals surface area contributed by atoms with E-state index in [1.165, 1.54) is 0 Å². The predicted molar refractivity (Wildman–Crippen MR) is 76.1 cm³/mol. The van der Waals surface area contributed by atoms with Gasteiger partial charge >= 0.3 is 0 Å². The third-order valence-electron chi connectivity index (χ3n) is 2.72. The van der Waals surface area contributed by atoms with Gasteiger partial charge in [-0.3, -0.25) is 0 Å². The van der Waals surface area contributed by atoms with Gasteiger partial charge in [0.25, 0.3) is 0 Å². The van der Waals surface area contributed by atoms with Crippen LogP contribution in [0, 0.1) is 11.3 Å². The van der Waals surface area contributed by atoms with Crippen LogP contribution in [-0.2, 0) is 0 Å². The number of nitrogens with zero attached hydrogens (tertiary/aromatic N) is 1. The van der Waals surface area contributed by atoms with Crippen molar-refractivity contribution < 1.29 is 0 Å². The second kappa shape index (κ2) is 5.70. The molecule has 0 spiro atoms. The molecule has 2 aromatic rings. The molecule has 0 amide bonds. The van der Waals surface area contributed by atoms with Gasteiger partial charge in [0.1, 0.15) is 0 Å². The molecule has 2 heteroatoms. The number of rotatable bonds is 3. The van der Waals surface area contributed by atoms with E-state index in [0.29, 0.717) is 5.56 Å². The molecule has 0 saturated carbocycles. The molecule has 0 aliphatic carbocycles. The Labute approximate surface area is 107 Å². The Kier molecular flexibility index (Phi) is 3.78. The molecule has 0 bridgehead atoms. The molecule has 0 aliphatic heterocycles. The first-order chi connectivity index (χ1) is 8.83. The molecule has 0 heterocycles. The van der Waals surface area contributed by atoms with E-state index in [2.05, 4.69) is 11.4 Å². The number of benzene rings is 2. The Bertz CT molecular complexity index is 592. The molecule has 88 valence electrons. The van der Waals surface area contributed by atoms with Crippen LogP contribution in [0.4, 0.5) is 5.69 Å². The van der Waals surface area contributed by atoms with Crippen LogP contribution in [0.1, 0.15) is 16.7 Å². The van der Waals surface area contributed by atoms with Gasteiger partial charge in [-0.05, 0) is 23.3 Å². The molecule has 18 heavy (non-hydrogen) atoms. The van der Waals surface area contributed by atoms with Crippen LogP contribution in [0.3, 0.4) is 0 Å². The van der Waals surface area contributed by atoms with Gasteiger partial charge in [-0.2, -0.15) is 5.26 Å². The molecular formula is C16H14N2. The van der Waals surface area contributed by atoms with Crippen LogP contribution < -0.4 is 5.32 Å². The first-order valence-corrected chi connectivity index (χ1v) is 5.78. The minimum atomic E-state index is 0.675. The fraction of sp³-hybridized carbons (Fsp3) is 0.0625. The van der Waals surface area contributed by atoms with E-state index in [9.17, 15) is 0 Å². The molecule has 0 aliphatic rings. The zero-order valence-corrected chi connectivity index (χ0v) is 10.2. The van der Waals surface area contributed by atoms with Crippen molar-refractivity contribution in [3.8, 4) is 6.07 Å². The summed E-state index contributed by atoms with van der Waals surface area (Å²) in [7, 11) is 1.84. The van der Waals surface area contributed by atoms with Gasteiger partial charge in [-0.25, -0.2) is 0 Å². The molecule has 0 aromatic heterocycles. The second-order valence-corrected chi connectivity index (χ2v) is 3.91. The van der Waals surface area contributed by atoms with Crippen molar-refractivity contribution in [2.75, 3.05) is 12.4 Å². The van der Waals surface area contributed by atoms with Crippen molar-refractivity contribution in [3.05, 3.63) is 65.2 Å². The maximum atomic E-state index is 9.12. The number of nitrogens with one attached hydrogen (secondary N) is 1. The lowest BCUT2D eigenvalue weighted by molar-refractivity contribution is 1.44. The zero-order chi connectivity index (χ0) is 12.8. The number of anilines is 1. The topological polar surface area (TPSA) is 35.8 Å². The largest absolute Gasteiger partial charge is 0.388 e. The van der Waals surface area contributed by atoms with Crippen molar-refractivity contribution in [1.29, 1.82) is 5.26 Å². The Morgan fingerprint density at radius 2 is 1.83 bits per heavy atom. The Morgan fingerprint density at radius 3 is 2.50 bits per heavy atom. The van der Waals surface area contributed by atoms with Gasteiger partial charge < -0.3 is 5.32 Å². The third kappa shape index (κ3) is 2.78. The molecule has 0 radical (unpaired) electrons. The molecule has 2 aromatic carbocycles. The van der Waals surface area contributed by atoms with Crippen LogP contribution in [0.25, 0.3) is 12.2 Å². The normalized spacial score (nSPS) is 10.2. The van der Waals surface area contributed by atoms with Gasteiger partial charge in [0, 0.05) is 12.7 Å². The highest BCUT2D eigenvalue weighted by Crippen LogP contribution is 2.17. The van der Waals surface area contributed by atoms with Gasteiger partial charge in [-0.1, -0.05) is 48.6 Å². The summed E-state index contributed by atoms with van der Waals surface area (Å²) in [6, 6.07) is 18.0. The van der Waals surface area contributed by atoms with E-state index in [0.717, 1.165) is 16.8 Å². The van der Waals surface area contributed by atoms with Crippen LogP contribution in [-0.4, -0.2) is 7.05 Å². The molecule has 0 unspecified atom stereocenters. The molecule has 0 atom stereocenters. The predicted octanol–water partition coefficient (Wildman–Crippen LogP) is 3.77. The third-order valence-corrected chi connectivity index (χ3v) is 2.72. The van der Waals surface area contributed by atoms with Crippen molar-refractivity contribution in [2.45, 2.75) is 0 Å². The van der Waals surface area contributed by atoms with Crippen molar-refractivity contribution in [2.24, 2.45) is 0 Å². The standard InChI is InChI=1S/C16H14N2/c1-18-16-10-9-14(15(11-16)12-17)8-7-13-5-3-2-4-6-13/h2-11,18H,1H3/b8-7+. The van der Waals surface area contributed by atoms with Crippen LogP contribution >= 0.6 is 0 Å². The second-order valence-electron chi connectivity index (χ2n) is 3.91. The zero-order valence-electron chi connectivity index (χ0n) is 10.2. The first-order valence-electron chi connectivity index (χ1n) is 5.78.